The van der Waals surface area contributed by atoms with Gasteiger partial charge in [-0.3, -0.25) is 10.1 Å². The number of nitrogens with one attached hydrogen (secondary N) is 1. The number of nitro groups is 1. The van der Waals surface area contributed by atoms with Gasteiger partial charge >= 0.3 is 6.16 Å². The molecule has 11 heteroatoms. The molecule has 0 spiro atoms. The molecule has 0 unspecified atom stereocenters. The lowest BCUT2D eigenvalue weighted by Gasteiger charge is -2.31. The van der Waals surface area contributed by atoms with Crippen molar-refractivity contribution in [3.05, 3.63) is 50.4 Å². The molecule has 10 nitrogen and oxygen atoms in total. The lowest BCUT2D eigenvalue weighted by molar-refractivity contribution is -0.384. The number of anilines is 2. The Bertz CT molecular complexity index is 1270. The SMILES string of the molecule is CCOC(=O)OC1CCN(c2nc(NCc3cccc([N+](=O)[O-])c3)c3c4c(sc3n2)CCCC4)CC1. The summed E-state index contributed by atoms with van der Waals surface area (Å²) in [5.41, 5.74) is 2.22. The van der Waals surface area contributed by atoms with Crippen molar-refractivity contribution in [1.82, 2.24) is 9.97 Å². The van der Waals surface area contributed by atoms with Crippen LogP contribution in [0.25, 0.3) is 10.2 Å². The summed E-state index contributed by atoms with van der Waals surface area (Å²) >= 11 is 1.74. The van der Waals surface area contributed by atoms with Gasteiger partial charge in [0.15, 0.2) is 0 Å². The monoisotopic (exact) mass is 511 g/mol. The zero-order valence-corrected chi connectivity index (χ0v) is 21.0. The van der Waals surface area contributed by atoms with Gasteiger partial charge in [-0.1, -0.05) is 12.1 Å². The van der Waals surface area contributed by atoms with E-state index in [2.05, 4.69) is 10.2 Å². The second kappa shape index (κ2) is 10.7. The number of aromatic nitrogens is 2. The maximum absolute atomic E-state index is 11.7. The lowest BCUT2D eigenvalue weighted by atomic mass is 9.97. The largest absolute Gasteiger partial charge is 0.508 e. The van der Waals surface area contributed by atoms with Gasteiger partial charge in [-0.2, -0.15) is 4.98 Å². The van der Waals surface area contributed by atoms with Gasteiger partial charge < -0.3 is 19.7 Å². The quantitative estimate of drug-likeness (QED) is 0.258. The number of nitro benzene ring substituents is 1. The van der Waals surface area contributed by atoms with Crippen LogP contribution < -0.4 is 10.2 Å². The number of fused-ring (bicyclic) bond motifs is 3. The predicted octanol–water partition coefficient (Wildman–Crippen LogP) is 5.23. The van der Waals surface area contributed by atoms with Gasteiger partial charge in [0.2, 0.25) is 5.95 Å². The van der Waals surface area contributed by atoms with Crippen LogP contribution >= 0.6 is 11.3 Å². The first-order valence-electron chi connectivity index (χ1n) is 12.4. The molecule has 0 saturated carbocycles. The summed E-state index contributed by atoms with van der Waals surface area (Å²) in [6.07, 6.45) is 4.97. The van der Waals surface area contributed by atoms with Crippen molar-refractivity contribution in [3.8, 4) is 0 Å². The number of benzene rings is 1. The molecule has 36 heavy (non-hydrogen) atoms. The van der Waals surface area contributed by atoms with Crippen molar-refractivity contribution in [1.29, 1.82) is 0 Å². The number of thiophene rings is 1. The fraction of sp³-hybridized carbons (Fsp3) is 0.480. The molecule has 1 fully saturated rings. The van der Waals surface area contributed by atoms with Crippen molar-refractivity contribution < 1.29 is 19.2 Å². The van der Waals surface area contributed by atoms with Crippen LogP contribution in [0.1, 0.15) is 48.6 Å². The molecule has 1 N–H and O–H groups in total. The lowest BCUT2D eigenvalue weighted by Crippen LogP contribution is -2.39. The van der Waals surface area contributed by atoms with E-state index in [4.69, 9.17) is 19.4 Å². The molecule has 0 bridgehead atoms. The first-order chi connectivity index (χ1) is 17.5. The second-order valence-electron chi connectivity index (χ2n) is 9.03. The summed E-state index contributed by atoms with van der Waals surface area (Å²) in [6.45, 7) is 3.82. The van der Waals surface area contributed by atoms with Crippen molar-refractivity contribution in [2.75, 3.05) is 29.9 Å². The van der Waals surface area contributed by atoms with Crippen molar-refractivity contribution in [3.63, 3.8) is 0 Å². The Morgan fingerprint density at radius 2 is 2.06 bits per heavy atom. The van der Waals surface area contributed by atoms with Crippen molar-refractivity contribution in [2.45, 2.75) is 58.1 Å². The van der Waals surface area contributed by atoms with Crippen LogP contribution in [0, 0.1) is 10.1 Å². The van der Waals surface area contributed by atoms with Gasteiger partial charge in [0.25, 0.3) is 5.69 Å². The molecular formula is C25H29N5O5S. The summed E-state index contributed by atoms with van der Waals surface area (Å²) in [4.78, 5) is 36.8. The van der Waals surface area contributed by atoms with E-state index in [1.165, 1.54) is 22.9 Å². The Morgan fingerprint density at radius 1 is 1.25 bits per heavy atom. The highest BCUT2D eigenvalue weighted by Crippen LogP contribution is 2.40. The molecule has 0 atom stereocenters. The van der Waals surface area contributed by atoms with E-state index in [9.17, 15) is 14.9 Å². The summed E-state index contributed by atoms with van der Waals surface area (Å²) < 4.78 is 10.3. The molecule has 5 rings (SSSR count). The number of rotatable bonds is 7. The average molecular weight is 512 g/mol. The van der Waals surface area contributed by atoms with E-state index in [0.29, 0.717) is 45.0 Å². The van der Waals surface area contributed by atoms with Gasteiger partial charge in [0.05, 0.1) is 16.9 Å². The van der Waals surface area contributed by atoms with Crippen molar-refractivity contribution >= 4 is 45.2 Å². The molecule has 2 aliphatic rings. The Hall–Kier alpha value is -3.47. The Labute approximate surface area is 212 Å². The van der Waals surface area contributed by atoms with E-state index in [1.807, 2.05) is 6.07 Å². The van der Waals surface area contributed by atoms with Gasteiger partial charge in [0.1, 0.15) is 16.8 Å². The average Bonchev–Trinajstić information content (AvgIpc) is 3.26. The minimum absolute atomic E-state index is 0.0728. The zero-order chi connectivity index (χ0) is 25.1. The smallest absolute Gasteiger partial charge is 0.435 e. The number of carbonyl (C=O) groups is 1. The highest BCUT2D eigenvalue weighted by molar-refractivity contribution is 7.19. The molecule has 1 aromatic carbocycles. The minimum Gasteiger partial charge on any atom is -0.435 e. The third kappa shape index (κ3) is 5.20. The Kier molecular flexibility index (Phi) is 7.17. The minimum atomic E-state index is -0.620. The van der Waals surface area contributed by atoms with Gasteiger partial charge in [-0.25, -0.2) is 9.78 Å². The van der Waals surface area contributed by atoms with Crippen LogP contribution in [-0.2, 0) is 28.9 Å². The molecule has 0 amide bonds. The van der Waals surface area contributed by atoms with Crippen LogP contribution in [0.3, 0.4) is 0 Å². The molecular weight excluding hydrogens is 482 g/mol. The van der Waals surface area contributed by atoms with Crippen LogP contribution in [0.2, 0.25) is 0 Å². The predicted molar refractivity (Wildman–Crippen MR) is 138 cm³/mol. The summed E-state index contributed by atoms with van der Waals surface area (Å²) in [5, 5.41) is 15.7. The first kappa shape index (κ1) is 24.2. The molecule has 2 aromatic heterocycles. The molecule has 3 heterocycles. The van der Waals surface area contributed by atoms with Crippen LogP contribution in [-0.4, -0.2) is 46.8 Å². The molecule has 0 radical (unpaired) electrons. The van der Waals surface area contributed by atoms with E-state index < -0.39 is 6.16 Å². The number of piperidine rings is 1. The van der Waals surface area contributed by atoms with Crippen molar-refractivity contribution in [2.24, 2.45) is 0 Å². The van der Waals surface area contributed by atoms with Crippen LogP contribution in [0.5, 0.6) is 0 Å². The molecule has 1 aliphatic heterocycles. The molecule has 190 valence electrons. The highest BCUT2D eigenvalue weighted by Gasteiger charge is 2.27. The second-order valence-corrected chi connectivity index (χ2v) is 10.1. The van der Waals surface area contributed by atoms with E-state index in [1.54, 1.807) is 30.4 Å². The normalized spacial score (nSPS) is 16.0. The number of carbonyl (C=O) groups excluding carboxylic acids is 1. The summed E-state index contributed by atoms with van der Waals surface area (Å²) in [5.74, 6) is 1.42. The third-order valence-electron chi connectivity index (χ3n) is 6.63. The molecule has 1 aliphatic carbocycles. The standard InChI is InChI=1S/C25H29N5O5S/c1-2-34-25(31)35-18-10-12-29(13-11-18)24-27-22(26-15-16-6-5-7-17(14-16)30(32)33)21-19-8-3-4-9-20(19)36-23(21)28-24/h5-7,14,18H,2-4,8-13,15H2,1H3,(H,26,27,28). The number of aryl methyl sites for hydroxylation is 2. The fourth-order valence-corrected chi connectivity index (χ4v) is 6.10. The van der Waals surface area contributed by atoms with Crippen LogP contribution in [0.4, 0.5) is 22.2 Å². The fourth-order valence-electron chi connectivity index (χ4n) is 4.84. The van der Waals surface area contributed by atoms with E-state index in [-0.39, 0.29) is 16.7 Å². The Morgan fingerprint density at radius 3 is 2.83 bits per heavy atom. The van der Waals surface area contributed by atoms with Gasteiger partial charge in [0, 0.05) is 49.5 Å². The topological polar surface area (TPSA) is 120 Å². The number of nitrogens with zero attached hydrogens (tertiary/aromatic N) is 4. The Balaban J connectivity index is 1.39. The number of hydrogen-bond donors (Lipinski definition) is 1. The molecule has 1 saturated heterocycles. The maximum Gasteiger partial charge on any atom is 0.508 e. The maximum atomic E-state index is 11.7. The number of hydrogen-bond acceptors (Lipinski definition) is 10. The van der Waals surface area contributed by atoms with Crippen LogP contribution in [0.15, 0.2) is 24.3 Å². The third-order valence-corrected chi connectivity index (χ3v) is 7.82. The zero-order valence-electron chi connectivity index (χ0n) is 20.2. The summed E-state index contributed by atoms with van der Waals surface area (Å²) in [6, 6.07) is 6.65. The van der Waals surface area contributed by atoms with Gasteiger partial charge in [-0.15, -0.1) is 11.3 Å². The number of non-ortho nitro benzene ring substituents is 1. The first-order valence-corrected chi connectivity index (χ1v) is 13.2. The highest BCUT2D eigenvalue weighted by atomic mass is 32.1. The van der Waals surface area contributed by atoms with Gasteiger partial charge in [-0.05, 0) is 43.7 Å². The van der Waals surface area contributed by atoms with E-state index >= 15 is 0 Å². The summed E-state index contributed by atoms with van der Waals surface area (Å²) in [7, 11) is 0. The number of ether oxygens (including phenoxy) is 2. The van der Waals surface area contributed by atoms with E-state index in [0.717, 1.165) is 40.9 Å². The molecule has 3 aromatic rings.